The number of hydrogen-bond acceptors (Lipinski definition) is 0. The second-order valence-corrected chi connectivity index (χ2v) is 24.8. The van der Waals surface area contributed by atoms with Crippen LogP contribution in [0, 0.1) is 13.8 Å². The van der Waals surface area contributed by atoms with Gasteiger partial charge in [-0.1, -0.05) is 160 Å². The van der Waals surface area contributed by atoms with Crippen molar-refractivity contribution in [3.8, 4) is 22.3 Å². The Labute approximate surface area is 364 Å². The van der Waals surface area contributed by atoms with E-state index in [-0.39, 0.29) is 30.2 Å². The average Bonchev–Trinajstić information content (AvgIpc) is 3.82. The van der Waals surface area contributed by atoms with Crippen molar-refractivity contribution in [2.45, 2.75) is 46.7 Å². The Morgan fingerprint density at radius 3 is 1.47 bits per heavy atom. The molecule has 0 radical (unpaired) electrons. The molecule has 0 aromatic heterocycles. The van der Waals surface area contributed by atoms with E-state index in [1.165, 1.54) is 104 Å². The minimum atomic E-state index is 0. The van der Waals surface area contributed by atoms with Crippen molar-refractivity contribution in [1.82, 2.24) is 0 Å². The fraction of sp³-hybridized carbons (Fsp3) is 0.132. The van der Waals surface area contributed by atoms with E-state index in [2.05, 4.69) is 205 Å². The van der Waals surface area contributed by atoms with Gasteiger partial charge in [0.25, 0.3) is 0 Å². The van der Waals surface area contributed by atoms with Gasteiger partial charge in [0.05, 0.1) is 0 Å². The molecule has 0 saturated carbocycles. The minimum absolute atomic E-state index is 0. The fourth-order valence-corrected chi connectivity index (χ4v) is 8.20. The quantitative estimate of drug-likeness (QED) is 0.0944. The van der Waals surface area contributed by atoms with E-state index in [4.69, 9.17) is 0 Å². The maximum Gasteiger partial charge on any atom is -0.00995 e. The van der Waals surface area contributed by atoms with Crippen LogP contribution in [0.15, 0.2) is 164 Å². The number of hydrogen-bond donors (Lipinski definition) is 0. The summed E-state index contributed by atoms with van der Waals surface area (Å²) in [4.78, 5) is 0. The monoisotopic (exact) mass is 870 g/mol. The van der Waals surface area contributed by atoms with E-state index in [1.54, 1.807) is 23.3 Å². The molecular weight excluding hydrogens is 827 g/mol. The van der Waals surface area contributed by atoms with Crippen molar-refractivity contribution in [2.24, 2.45) is 0 Å². The summed E-state index contributed by atoms with van der Waals surface area (Å²) >= 11 is 1.74. The summed E-state index contributed by atoms with van der Waals surface area (Å²) in [7, 11) is 0. The first kappa shape index (κ1) is 42.3. The zero-order valence-corrected chi connectivity index (χ0v) is 38.4. The molecule has 0 N–H and O–H groups in total. The van der Waals surface area contributed by atoms with Crippen molar-refractivity contribution >= 4 is 70.1 Å². The first-order valence-electron chi connectivity index (χ1n) is 19.4. The van der Waals surface area contributed by atoms with Gasteiger partial charge < -0.3 is 24.8 Å². The molecular formula is C53H46Cl2SiZr-2. The van der Waals surface area contributed by atoms with Crippen molar-refractivity contribution in [3.05, 3.63) is 180 Å². The third-order valence-electron chi connectivity index (χ3n) is 10.8. The number of rotatable bonds is 3. The second kappa shape index (κ2) is 18.1. The Bertz CT molecular complexity index is 3030. The number of benzene rings is 8. The Morgan fingerprint density at radius 1 is 0.456 bits per heavy atom. The summed E-state index contributed by atoms with van der Waals surface area (Å²) in [5.74, 6) is 0.548. The Balaban J connectivity index is 0.000000171. The molecule has 282 valence electrons. The van der Waals surface area contributed by atoms with Crippen LogP contribution in [-0.4, -0.2) is 5.43 Å². The first-order valence-corrected chi connectivity index (χ1v) is 25.6. The average molecular weight is 873 g/mol. The van der Waals surface area contributed by atoms with Crippen LogP contribution in [0.1, 0.15) is 36.5 Å². The van der Waals surface area contributed by atoms with E-state index in [0.717, 1.165) is 0 Å². The van der Waals surface area contributed by atoms with Gasteiger partial charge in [0.1, 0.15) is 0 Å². The molecule has 0 atom stereocenters. The van der Waals surface area contributed by atoms with Crippen LogP contribution in [0.5, 0.6) is 0 Å². The van der Waals surface area contributed by atoms with Crippen LogP contribution in [0.4, 0.5) is 0 Å². The molecule has 0 saturated heterocycles. The van der Waals surface area contributed by atoms with Crippen LogP contribution in [0.2, 0.25) is 13.1 Å². The summed E-state index contributed by atoms with van der Waals surface area (Å²) in [5, 5.41) is 16.0. The van der Waals surface area contributed by atoms with Crippen LogP contribution in [0.3, 0.4) is 0 Å². The van der Waals surface area contributed by atoms with Crippen molar-refractivity contribution < 1.29 is 48.1 Å². The molecule has 57 heavy (non-hydrogen) atoms. The van der Waals surface area contributed by atoms with Crippen LogP contribution < -0.4 is 24.8 Å². The summed E-state index contributed by atoms with van der Waals surface area (Å²) < 4.78 is 0. The van der Waals surface area contributed by atoms with Gasteiger partial charge in [-0.25, -0.2) is 0 Å². The van der Waals surface area contributed by atoms with E-state index in [0.29, 0.717) is 5.92 Å². The van der Waals surface area contributed by atoms with Gasteiger partial charge in [0.15, 0.2) is 0 Å². The van der Waals surface area contributed by atoms with E-state index < -0.39 is 0 Å². The molecule has 0 unspecified atom stereocenters. The van der Waals surface area contributed by atoms with Crippen molar-refractivity contribution in [1.29, 1.82) is 0 Å². The maximum atomic E-state index is 2.37. The number of fused-ring (bicyclic) bond motifs is 8. The minimum Gasteiger partial charge on any atom is -1.00 e. The normalized spacial score (nSPS) is 11.0. The van der Waals surface area contributed by atoms with Crippen LogP contribution in [-0.2, 0) is 23.3 Å². The van der Waals surface area contributed by atoms with Crippen LogP contribution in [0.25, 0.3) is 86.9 Å². The number of halogens is 2. The third kappa shape index (κ3) is 8.48. The number of aryl methyl sites for hydroxylation is 2. The van der Waals surface area contributed by atoms with Gasteiger partial charge in [0.2, 0.25) is 0 Å². The third-order valence-corrected chi connectivity index (χ3v) is 10.8. The van der Waals surface area contributed by atoms with Gasteiger partial charge in [-0.15, -0.1) is 68.6 Å². The molecule has 0 bridgehead atoms. The molecule has 10 rings (SSSR count). The molecule has 0 aliphatic rings. The molecule has 0 heterocycles. The van der Waals surface area contributed by atoms with Crippen LogP contribution >= 0.6 is 0 Å². The van der Waals surface area contributed by atoms with E-state index in [1.807, 2.05) is 0 Å². The predicted molar refractivity (Wildman–Crippen MR) is 241 cm³/mol. The van der Waals surface area contributed by atoms with Gasteiger partial charge in [-0.3, -0.25) is 0 Å². The zero-order valence-electron chi connectivity index (χ0n) is 33.4. The molecule has 4 heteroatoms. The molecule has 0 nitrogen and oxygen atoms in total. The van der Waals surface area contributed by atoms with Crippen molar-refractivity contribution in [2.75, 3.05) is 0 Å². The molecule has 0 aliphatic carbocycles. The Hall–Kier alpha value is -4.30. The van der Waals surface area contributed by atoms with Gasteiger partial charge in [-0.05, 0) is 60.1 Å². The molecule has 0 amide bonds. The SMILES string of the molecule is CC(C)c1cc2c(-c3cccc4c3ccc3ccccc34)cccc2[cH-]1.C[Si](C)=[Zr+2].Cc1cc2c(-c3cccc4c3ccc3ccccc34)ccc(C)c2[cH-]1.[Cl-].[Cl-]. The zero-order chi connectivity index (χ0) is 38.2. The first-order chi connectivity index (χ1) is 26.7. The maximum absolute atomic E-state index is 2.37. The fourth-order valence-electron chi connectivity index (χ4n) is 8.20. The summed E-state index contributed by atoms with van der Waals surface area (Å²) in [6.45, 7) is 13.5. The molecule has 0 spiro atoms. The van der Waals surface area contributed by atoms with E-state index >= 15 is 0 Å². The standard InChI is InChI=1S/C26H21.C25H19.C2H6Si.2ClH.Zr/c1-17(2)20-15-19-8-5-10-24(26(19)16-20)23-12-6-11-22-21-9-4-3-7-18(21)13-14-25(22)23;1-16-14-24-17(2)10-12-23(25(24)15-16)21-9-5-8-20-19-7-4-3-6-18(19)11-13-22(20)21;1-3-2;;;/h3-17H,1-2H3;3-15H,1-2H3;1-2H3;2*1H;/q2*-1;;;;+2/p-2. The van der Waals surface area contributed by atoms with Crippen molar-refractivity contribution in [3.63, 3.8) is 0 Å². The van der Waals surface area contributed by atoms with E-state index in [9.17, 15) is 0 Å². The molecule has 0 aliphatic heterocycles. The summed E-state index contributed by atoms with van der Waals surface area (Å²) in [6.07, 6.45) is 0. The Morgan fingerprint density at radius 2 is 0.930 bits per heavy atom. The molecule has 0 fully saturated rings. The second-order valence-electron chi connectivity index (χ2n) is 15.4. The largest absolute Gasteiger partial charge is 1.00 e. The van der Waals surface area contributed by atoms with Gasteiger partial charge in [0, 0.05) is 0 Å². The smallest absolute Gasteiger partial charge is 0.00995 e. The van der Waals surface area contributed by atoms with Gasteiger partial charge >= 0.3 is 41.9 Å². The predicted octanol–water partition coefficient (Wildman–Crippen LogP) is 9.60. The topological polar surface area (TPSA) is 0 Å². The summed E-state index contributed by atoms with van der Waals surface area (Å²) in [5.41, 5.74) is 9.59. The molecule has 10 aromatic rings. The Kier molecular flexibility index (Phi) is 13.4. The van der Waals surface area contributed by atoms with Gasteiger partial charge in [-0.2, -0.15) is 12.1 Å². The summed E-state index contributed by atoms with van der Waals surface area (Å²) in [6, 6.07) is 60.2. The molecule has 10 aromatic carbocycles.